The lowest BCUT2D eigenvalue weighted by molar-refractivity contribution is 0.260. The Kier molecular flexibility index (Phi) is 5.43. The van der Waals surface area contributed by atoms with E-state index in [1.165, 1.54) is 42.8 Å². The van der Waals surface area contributed by atoms with Crippen LogP contribution in [0.4, 0.5) is 0 Å². The first-order valence-corrected chi connectivity index (χ1v) is 8.72. The van der Waals surface area contributed by atoms with Gasteiger partial charge in [-0.2, -0.15) is 0 Å². The molecule has 2 rings (SSSR count). The first-order valence-electron chi connectivity index (χ1n) is 6.61. The Hall–Kier alpha value is -0.150. The van der Waals surface area contributed by atoms with E-state index in [1.807, 2.05) is 17.8 Å². The number of methoxy groups -OCH3 is 1. The van der Waals surface area contributed by atoms with Gasteiger partial charge >= 0.3 is 0 Å². The molecular weight excluding hydrogens is 308 g/mol. The second-order valence-electron chi connectivity index (χ2n) is 5.16. The molecule has 1 saturated carbocycles. The van der Waals surface area contributed by atoms with E-state index in [-0.39, 0.29) is 0 Å². The molecule has 1 fully saturated rings. The molecule has 0 unspecified atom stereocenters. The van der Waals surface area contributed by atoms with Gasteiger partial charge in [-0.15, -0.1) is 11.8 Å². The smallest absolute Gasteiger partial charge is 0.119 e. The second-order valence-corrected chi connectivity index (χ2v) is 6.77. The van der Waals surface area contributed by atoms with Gasteiger partial charge < -0.3 is 4.74 Å². The predicted molar refractivity (Wildman–Crippen MR) is 83.0 cm³/mol. The number of alkyl halides is 1. The van der Waals surface area contributed by atoms with Gasteiger partial charge in [-0.05, 0) is 36.5 Å². The standard InChI is InChI=1S/C15H21BrOS/c1-17-13-6-5-7-14(10-13)18-12-15(11-16)8-3-2-4-9-15/h5-7,10H,2-4,8-9,11-12H2,1H3. The van der Waals surface area contributed by atoms with Crippen molar-refractivity contribution >= 4 is 27.7 Å². The molecule has 0 heterocycles. The van der Waals surface area contributed by atoms with Crippen LogP contribution in [0.15, 0.2) is 29.2 Å². The first kappa shape index (κ1) is 14.3. The fourth-order valence-corrected chi connectivity index (χ4v) is 4.81. The van der Waals surface area contributed by atoms with Gasteiger partial charge in [0.2, 0.25) is 0 Å². The third-order valence-electron chi connectivity index (χ3n) is 3.78. The number of hydrogen-bond donors (Lipinski definition) is 0. The summed E-state index contributed by atoms with van der Waals surface area (Å²) < 4.78 is 5.28. The SMILES string of the molecule is COc1cccc(SCC2(CBr)CCCCC2)c1. The Morgan fingerprint density at radius 2 is 2.06 bits per heavy atom. The molecule has 18 heavy (non-hydrogen) atoms. The van der Waals surface area contributed by atoms with Crippen LogP contribution >= 0.6 is 27.7 Å². The van der Waals surface area contributed by atoms with E-state index < -0.39 is 0 Å². The van der Waals surface area contributed by atoms with E-state index >= 15 is 0 Å². The number of hydrogen-bond acceptors (Lipinski definition) is 2. The number of benzene rings is 1. The van der Waals surface area contributed by atoms with Crippen molar-refractivity contribution < 1.29 is 4.74 Å². The molecule has 1 aliphatic rings. The predicted octanol–water partition coefficient (Wildman–Crippen LogP) is 5.13. The summed E-state index contributed by atoms with van der Waals surface area (Å²) in [7, 11) is 1.73. The fraction of sp³-hybridized carbons (Fsp3) is 0.600. The Labute approximate surface area is 123 Å². The van der Waals surface area contributed by atoms with E-state index in [1.54, 1.807) is 7.11 Å². The zero-order valence-corrected chi connectivity index (χ0v) is 13.4. The number of thioether (sulfide) groups is 1. The molecule has 0 radical (unpaired) electrons. The molecule has 0 atom stereocenters. The molecule has 0 bridgehead atoms. The molecule has 1 aliphatic carbocycles. The molecule has 0 amide bonds. The van der Waals surface area contributed by atoms with Gasteiger partial charge in [0, 0.05) is 16.0 Å². The molecule has 100 valence electrons. The molecule has 0 aliphatic heterocycles. The molecule has 1 aromatic carbocycles. The van der Waals surface area contributed by atoms with Crippen LogP contribution in [0, 0.1) is 5.41 Å². The Balaban J connectivity index is 1.96. The summed E-state index contributed by atoms with van der Waals surface area (Å²) in [5, 5.41) is 1.14. The van der Waals surface area contributed by atoms with Crippen LogP contribution in [0.25, 0.3) is 0 Å². The fourth-order valence-electron chi connectivity index (χ4n) is 2.55. The van der Waals surface area contributed by atoms with Crippen LogP contribution in [-0.2, 0) is 0 Å². The summed E-state index contributed by atoms with van der Waals surface area (Å²) in [4.78, 5) is 1.32. The number of ether oxygens (including phenoxy) is 1. The first-order chi connectivity index (χ1) is 8.78. The maximum absolute atomic E-state index is 5.28. The average molecular weight is 329 g/mol. The zero-order chi connectivity index (χ0) is 12.8. The van der Waals surface area contributed by atoms with Crippen LogP contribution < -0.4 is 4.74 Å². The summed E-state index contributed by atoms with van der Waals surface area (Å²) in [6.45, 7) is 0. The van der Waals surface area contributed by atoms with Crippen molar-refractivity contribution in [3.8, 4) is 5.75 Å². The number of rotatable bonds is 5. The third-order valence-corrected chi connectivity index (χ3v) is 6.32. The van der Waals surface area contributed by atoms with E-state index in [9.17, 15) is 0 Å². The van der Waals surface area contributed by atoms with Crippen molar-refractivity contribution in [3.63, 3.8) is 0 Å². The second kappa shape index (κ2) is 6.85. The third kappa shape index (κ3) is 3.67. The summed E-state index contributed by atoms with van der Waals surface area (Å²) in [5.41, 5.74) is 0.506. The van der Waals surface area contributed by atoms with Crippen molar-refractivity contribution in [3.05, 3.63) is 24.3 Å². The van der Waals surface area contributed by atoms with Crippen LogP contribution in [0.1, 0.15) is 32.1 Å². The highest BCUT2D eigenvalue weighted by Gasteiger charge is 2.30. The molecule has 0 aromatic heterocycles. The van der Waals surface area contributed by atoms with Crippen LogP contribution in [0.3, 0.4) is 0 Å². The minimum Gasteiger partial charge on any atom is -0.497 e. The quantitative estimate of drug-likeness (QED) is 0.547. The number of halogens is 1. The lowest BCUT2D eigenvalue weighted by Gasteiger charge is -2.35. The highest BCUT2D eigenvalue weighted by Crippen LogP contribution is 2.42. The summed E-state index contributed by atoms with van der Waals surface area (Å²) in [6.07, 6.45) is 6.94. The van der Waals surface area contributed by atoms with Crippen LogP contribution in [0.5, 0.6) is 5.75 Å². The van der Waals surface area contributed by atoms with Gasteiger partial charge in [0.1, 0.15) is 5.75 Å². The highest BCUT2D eigenvalue weighted by atomic mass is 79.9. The van der Waals surface area contributed by atoms with Gasteiger partial charge in [-0.3, -0.25) is 0 Å². The highest BCUT2D eigenvalue weighted by molar-refractivity contribution is 9.09. The minimum atomic E-state index is 0.506. The van der Waals surface area contributed by atoms with Gasteiger partial charge in [0.15, 0.2) is 0 Å². The lowest BCUT2D eigenvalue weighted by atomic mass is 9.77. The molecule has 1 nitrogen and oxygen atoms in total. The largest absolute Gasteiger partial charge is 0.497 e. The maximum atomic E-state index is 5.28. The Bertz CT molecular complexity index is 375. The van der Waals surface area contributed by atoms with Crippen LogP contribution in [0.2, 0.25) is 0 Å². The van der Waals surface area contributed by atoms with E-state index in [0.29, 0.717) is 5.41 Å². The molecule has 0 N–H and O–H groups in total. The normalized spacial score (nSPS) is 18.6. The molecule has 3 heteroatoms. The van der Waals surface area contributed by atoms with Crippen molar-refractivity contribution in [1.29, 1.82) is 0 Å². The molecular formula is C15H21BrOS. The lowest BCUT2D eigenvalue weighted by Crippen LogP contribution is -2.28. The van der Waals surface area contributed by atoms with Crippen molar-refractivity contribution in [2.24, 2.45) is 5.41 Å². The van der Waals surface area contributed by atoms with E-state index in [4.69, 9.17) is 4.74 Å². The van der Waals surface area contributed by atoms with Gasteiger partial charge in [0.05, 0.1) is 7.11 Å². The summed E-state index contributed by atoms with van der Waals surface area (Å²) >= 11 is 5.70. The van der Waals surface area contributed by atoms with E-state index in [0.717, 1.165) is 11.1 Å². The van der Waals surface area contributed by atoms with Crippen molar-refractivity contribution in [2.75, 3.05) is 18.2 Å². The average Bonchev–Trinajstić information content (AvgIpc) is 2.46. The Morgan fingerprint density at radius 1 is 1.28 bits per heavy atom. The summed E-state index contributed by atoms with van der Waals surface area (Å²) in [5.74, 6) is 2.17. The molecule has 1 aromatic rings. The van der Waals surface area contributed by atoms with Crippen molar-refractivity contribution in [1.82, 2.24) is 0 Å². The van der Waals surface area contributed by atoms with Crippen LogP contribution in [-0.4, -0.2) is 18.2 Å². The zero-order valence-electron chi connectivity index (χ0n) is 11.0. The minimum absolute atomic E-state index is 0.506. The summed E-state index contributed by atoms with van der Waals surface area (Å²) in [6, 6.07) is 8.39. The van der Waals surface area contributed by atoms with Gasteiger partial charge in [0.25, 0.3) is 0 Å². The maximum Gasteiger partial charge on any atom is 0.119 e. The topological polar surface area (TPSA) is 9.23 Å². The molecule has 0 spiro atoms. The molecule has 0 saturated heterocycles. The monoisotopic (exact) mass is 328 g/mol. The van der Waals surface area contributed by atoms with Gasteiger partial charge in [-0.1, -0.05) is 41.3 Å². The van der Waals surface area contributed by atoms with E-state index in [2.05, 4.69) is 34.1 Å². The van der Waals surface area contributed by atoms with Crippen molar-refractivity contribution in [2.45, 2.75) is 37.0 Å². The Morgan fingerprint density at radius 3 is 2.72 bits per heavy atom. The van der Waals surface area contributed by atoms with Gasteiger partial charge in [-0.25, -0.2) is 0 Å².